The lowest BCUT2D eigenvalue weighted by Gasteiger charge is -2.43. The molecule has 206 valence electrons. The smallest absolute Gasteiger partial charge is 0.233 e. The highest BCUT2D eigenvalue weighted by atomic mass is 32.2. The lowest BCUT2D eigenvalue weighted by atomic mass is 9.81. The number of likely N-dealkylation sites (tertiary alicyclic amines) is 1. The predicted octanol–water partition coefficient (Wildman–Crippen LogP) is 3.89. The number of rotatable bonds is 10. The molecule has 2 unspecified atom stereocenters. The summed E-state index contributed by atoms with van der Waals surface area (Å²) in [5.74, 6) is -0.0414. The molecule has 3 aromatic rings. The molecule has 0 aromatic heterocycles. The Balaban J connectivity index is 1.29. The van der Waals surface area contributed by atoms with E-state index in [1.165, 1.54) is 12.1 Å². The van der Waals surface area contributed by atoms with Gasteiger partial charge in [0.1, 0.15) is 5.82 Å². The van der Waals surface area contributed by atoms with Gasteiger partial charge in [-0.3, -0.25) is 10.1 Å². The zero-order chi connectivity index (χ0) is 27.5. The van der Waals surface area contributed by atoms with E-state index in [0.29, 0.717) is 6.54 Å². The number of thiol groups is 1. The first kappa shape index (κ1) is 27.5. The second-order valence-electron chi connectivity index (χ2n) is 10.9. The van der Waals surface area contributed by atoms with Crippen LogP contribution < -0.4 is 5.32 Å². The third-order valence-electron chi connectivity index (χ3n) is 8.52. The molecule has 2 atom stereocenters. The highest BCUT2D eigenvalue weighted by Crippen LogP contribution is 2.56. The van der Waals surface area contributed by atoms with E-state index in [0.717, 1.165) is 55.6 Å². The number of hydrogen-bond acceptors (Lipinski definition) is 5. The Morgan fingerprint density at radius 1 is 0.949 bits per heavy atom. The lowest BCUT2D eigenvalue weighted by Crippen LogP contribution is -2.52. The molecule has 1 saturated carbocycles. The number of amides is 1. The summed E-state index contributed by atoms with van der Waals surface area (Å²) < 4.78 is 36.2. The molecule has 0 radical (unpaired) electrons. The number of hydrogen-bond donors (Lipinski definition) is 2. The molecule has 3 aromatic carbocycles. The van der Waals surface area contributed by atoms with Crippen LogP contribution in [0.25, 0.3) is 0 Å². The Bertz CT molecular complexity index is 1330. The van der Waals surface area contributed by atoms with Gasteiger partial charge < -0.3 is 9.80 Å². The van der Waals surface area contributed by atoms with Gasteiger partial charge in [0, 0.05) is 38.8 Å². The van der Waals surface area contributed by atoms with Crippen molar-refractivity contribution in [3.05, 3.63) is 107 Å². The van der Waals surface area contributed by atoms with E-state index >= 15 is 0 Å². The van der Waals surface area contributed by atoms with E-state index in [4.69, 9.17) is 0 Å². The fourth-order valence-electron chi connectivity index (χ4n) is 6.27. The second kappa shape index (κ2) is 11.6. The molecule has 6 nitrogen and oxygen atoms in total. The van der Waals surface area contributed by atoms with Gasteiger partial charge in [-0.15, -0.1) is 0 Å². The molecule has 8 heteroatoms. The molecule has 1 aliphatic carbocycles. The third kappa shape index (κ3) is 5.93. The topological polar surface area (TPSA) is 69.7 Å². The molecule has 2 fully saturated rings. The zero-order valence-corrected chi connectivity index (χ0v) is 23.2. The van der Waals surface area contributed by atoms with E-state index in [1.807, 2.05) is 55.6 Å². The first-order chi connectivity index (χ1) is 18.8. The van der Waals surface area contributed by atoms with Gasteiger partial charge in [0.2, 0.25) is 5.91 Å². The predicted molar refractivity (Wildman–Crippen MR) is 151 cm³/mol. The van der Waals surface area contributed by atoms with E-state index in [-0.39, 0.29) is 29.1 Å². The van der Waals surface area contributed by atoms with Gasteiger partial charge >= 0.3 is 0 Å². The van der Waals surface area contributed by atoms with Gasteiger partial charge in [0.05, 0.1) is 11.3 Å². The van der Waals surface area contributed by atoms with Gasteiger partial charge in [-0.05, 0) is 54.0 Å². The molecule has 39 heavy (non-hydrogen) atoms. The Kier molecular flexibility index (Phi) is 8.16. The number of carbonyl (C=O) groups excluding carboxylic acids is 1. The highest BCUT2D eigenvalue weighted by molar-refractivity contribution is 7.72. The lowest BCUT2D eigenvalue weighted by molar-refractivity contribution is -0.133. The van der Waals surface area contributed by atoms with Crippen LogP contribution in [-0.4, -0.2) is 56.7 Å². The van der Waals surface area contributed by atoms with Gasteiger partial charge in [0.25, 0.3) is 0 Å². The Labute approximate surface area is 231 Å². The summed E-state index contributed by atoms with van der Waals surface area (Å²) >= 11 is 0. The summed E-state index contributed by atoms with van der Waals surface area (Å²) in [5, 5.41) is 3.34. The van der Waals surface area contributed by atoms with Crippen LogP contribution in [0, 0.1) is 11.7 Å². The highest BCUT2D eigenvalue weighted by Gasteiger charge is 2.62. The first-order valence-electron chi connectivity index (χ1n) is 13.5. The monoisotopic (exact) mass is 549 g/mol. The van der Waals surface area contributed by atoms with E-state index < -0.39 is 16.1 Å². The van der Waals surface area contributed by atoms with Crippen molar-refractivity contribution in [2.45, 2.75) is 36.8 Å². The summed E-state index contributed by atoms with van der Waals surface area (Å²) in [4.78, 5) is 18.1. The minimum absolute atomic E-state index is 0.0428. The largest absolute Gasteiger partial charge is 0.341 e. The number of nitrogens with zero attached hydrogens (tertiary/aromatic N) is 2. The summed E-state index contributed by atoms with van der Waals surface area (Å²) in [6.45, 7) is 2.88. The van der Waals surface area contributed by atoms with Crippen molar-refractivity contribution in [3.63, 3.8) is 0 Å². The Hall–Kier alpha value is -3.07. The summed E-state index contributed by atoms with van der Waals surface area (Å²) in [5.41, 5.74) is 2.11. The SMILES string of the molecule is CN(Cc1ccc(F)cc1)C(=O)C1(c2ccccc2)CC1CN1CCC(NC[SH](=O)=O)(c2ccccc2)CC1. The van der Waals surface area contributed by atoms with Crippen molar-refractivity contribution in [2.75, 3.05) is 32.6 Å². The molecule has 2 aliphatic rings. The minimum Gasteiger partial charge on any atom is -0.341 e. The Morgan fingerprint density at radius 3 is 2.13 bits per heavy atom. The van der Waals surface area contributed by atoms with Crippen LogP contribution in [0.2, 0.25) is 0 Å². The van der Waals surface area contributed by atoms with Crippen molar-refractivity contribution < 1.29 is 17.6 Å². The normalized spacial score (nSPS) is 22.5. The van der Waals surface area contributed by atoms with Crippen LogP contribution in [-0.2, 0) is 33.0 Å². The number of halogens is 1. The average Bonchev–Trinajstić information content (AvgIpc) is 3.69. The van der Waals surface area contributed by atoms with Gasteiger partial charge in [-0.2, -0.15) is 0 Å². The molecule has 1 saturated heterocycles. The van der Waals surface area contributed by atoms with Gasteiger partial charge in [0.15, 0.2) is 10.7 Å². The fraction of sp³-hybridized carbons (Fsp3) is 0.387. The minimum atomic E-state index is -2.52. The maximum Gasteiger partial charge on any atom is 0.233 e. The van der Waals surface area contributed by atoms with Crippen molar-refractivity contribution in [3.8, 4) is 0 Å². The number of benzene rings is 3. The van der Waals surface area contributed by atoms with Gasteiger partial charge in [-0.25, -0.2) is 12.8 Å². The number of likely N-dealkylation sites (N-methyl/N-ethyl adjacent to an activating group) is 1. The zero-order valence-electron chi connectivity index (χ0n) is 22.3. The van der Waals surface area contributed by atoms with Crippen molar-refractivity contribution in [1.29, 1.82) is 0 Å². The summed E-state index contributed by atoms with van der Waals surface area (Å²) in [6.07, 6.45) is 2.38. The van der Waals surface area contributed by atoms with Crippen LogP contribution in [0.3, 0.4) is 0 Å². The molecule has 5 rings (SSSR count). The average molecular weight is 550 g/mol. The van der Waals surface area contributed by atoms with Crippen molar-refractivity contribution in [2.24, 2.45) is 5.92 Å². The third-order valence-corrected chi connectivity index (χ3v) is 8.93. The van der Waals surface area contributed by atoms with Crippen molar-refractivity contribution >= 4 is 16.6 Å². The Morgan fingerprint density at radius 2 is 1.54 bits per heavy atom. The molecule has 1 aliphatic heterocycles. The fourth-order valence-corrected chi connectivity index (χ4v) is 6.70. The van der Waals surface area contributed by atoms with E-state index in [1.54, 1.807) is 17.0 Å². The molecule has 1 amide bonds. The second-order valence-corrected chi connectivity index (χ2v) is 11.9. The van der Waals surface area contributed by atoms with Crippen LogP contribution in [0.1, 0.15) is 36.0 Å². The first-order valence-corrected chi connectivity index (χ1v) is 14.9. The number of piperidine rings is 1. The maximum absolute atomic E-state index is 14.0. The molecular weight excluding hydrogens is 513 g/mol. The number of nitrogens with one attached hydrogen (secondary N) is 1. The van der Waals surface area contributed by atoms with Crippen molar-refractivity contribution in [1.82, 2.24) is 15.1 Å². The molecule has 1 N–H and O–H groups in total. The van der Waals surface area contributed by atoms with Crippen LogP contribution in [0.15, 0.2) is 84.9 Å². The summed E-state index contributed by atoms with van der Waals surface area (Å²) in [6, 6.07) is 26.4. The van der Waals surface area contributed by atoms with Gasteiger partial charge in [-0.1, -0.05) is 72.8 Å². The van der Waals surface area contributed by atoms with E-state index in [2.05, 4.69) is 22.3 Å². The van der Waals surface area contributed by atoms with E-state index in [9.17, 15) is 17.6 Å². The van der Waals surface area contributed by atoms with Crippen LogP contribution >= 0.6 is 0 Å². The standard InChI is InChI=1S/C31H36FN3O3S/c1-34(21-24-12-14-28(32)15-13-24)29(36)31(26-10-6-3-7-11-26)20-27(31)22-35-18-16-30(17-19-35,33-23-39(37)38)25-8-4-2-5-9-25/h2-15,27,33,39H,16-23H2,1H3. The molecule has 0 bridgehead atoms. The molecule has 0 spiro atoms. The van der Waals surface area contributed by atoms with Crippen LogP contribution in [0.5, 0.6) is 0 Å². The molecular formula is C31H36FN3O3S. The van der Waals surface area contributed by atoms with Crippen LogP contribution in [0.4, 0.5) is 4.39 Å². The summed E-state index contributed by atoms with van der Waals surface area (Å²) in [7, 11) is -0.694. The maximum atomic E-state index is 14.0. The quantitative estimate of drug-likeness (QED) is 0.376. The number of carbonyl (C=O) groups is 1. The molecule has 1 heterocycles.